The molecule has 1 fully saturated rings. The Kier molecular flexibility index (Phi) is 5.28. The molecule has 1 aromatic rings. The van der Waals surface area contributed by atoms with Gasteiger partial charge in [0.15, 0.2) is 5.11 Å². The van der Waals surface area contributed by atoms with E-state index in [9.17, 15) is 0 Å². The van der Waals surface area contributed by atoms with Gasteiger partial charge in [-0.3, -0.25) is 0 Å². The SMILES string of the molecule is CCN1CCN(C(=S)Nc2cc(Cl)ccc2Cl)CC1. The molecule has 2 rings (SSSR count). The number of thiocarbonyl (C=S) groups is 1. The first-order chi connectivity index (χ1) is 9.10. The molecule has 104 valence electrons. The number of anilines is 1. The summed E-state index contributed by atoms with van der Waals surface area (Å²) in [5.74, 6) is 0. The molecule has 1 heterocycles. The minimum absolute atomic E-state index is 0.624. The molecule has 3 nitrogen and oxygen atoms in total. The van der Waals surface area contributed by atoms with E-state index >= 15 is 0 Å². The lowest BCUT2D eigenvalue weighted by Crippen LogP contribution is -2.49. The van der Waals surface area contributed by atoms with Crippen LogP contribution in [0.25, 0.3) is 0 Å². The summed E-state index contributed by atoms with van der Waals surface area (Å²) in [6.45, 7) is 7.24. The molecule has 1 aliphatic rings. The van der Waals surface area contributed by atoms with Gasteiger partial charge in [0, 0.05) is 31.2 Å². The molecule has 0 amide bonds. The van der Waals surface area contributed by atoms with Gasteiger partial charge in [0.25, 0.3) is 0 Å². The zero-order valence-electron chi connectivity index (χ0n) is 10.8. The number of nitrogens with zero attached hydrogens (tertiary/aromatic N) is 2. The highest BCUT2D eigenvalue weighted by Gasteiger charge is 2.18. The monoisotopic (exact) mass is 317 g/mol. The summed E-state index contributed by atoms with van der Waals surface area (Å²) >= 11 is 17.5. The molecule has 0 bridgehead atoms. The lowest BCUT2D eigenvalue weighted by atomic mass is 10.3. The maximum absolute atomic E-state index is 6.12. The van der Waals surface area contributed by atoms with E-state index in [4.69, 9.17) is 35.4 Å². The topological polar surface area (TPSA) is 18.5 Å². The van der Waals surface area contributed by atoms with E-state index < -0.39 is 0 Å². The second-order valence-corrected chi connectivity index (χ2v) is 5.71. The third kappa shape index (κ3) is 3.96. The fourth-order valence-electron chi connectivity index (χ4n) is 2.05. The first kappa shape index (κ1) is 14.9. The van der Waals surface area contributed by atoms with Crippen molar-refractivity contribution < 1.29 is 0 Å². The number of hydrogen-bond donors (Lipinski definition) is 1. The van der Waals surface area contributed by atoms with Crippen molar-refractivity contribution >= 4 is 46.2 Å². The zero-order valence-corrected chi connectivity index (χ0v) is 13.2. The molecule has 0 aliphatic carbocycles. The van der Waals surface area contributed by atoms with Crippen molar-refractivity contribution in [3.05, 3.63) is 28.2 Å². The molecule has 0 atom stereocenters. The summed E-state index contributed by atoms with van der Waals surface area (Å²) in [4.78, 5) is 4.57. The van der Waals surface area contributed by atoms with E-state index in [2.05, 4.69) is 22.0 Å². The number of hydrogen-bond acceptors (Lipinski definition) is 2. The summed E-state index contributed by atoms with van der Waals surface area (Å²) in [5.41, 5.74) is 0.761. The van der Waals surface area contributed by atoms with Crippen molar-refractivity contribution in [3.63, 3.8) is 0 Å². The normalized spacial score (nSPS) is 16.5. The quantitative estimate of drug-likeness (QED) is 0.843. The van der Waals surface area contributed by atoms with Crippen molar-refractivity contribution in [3.8, 4) is 0 Å². The van der Waals surface area contributed by atoms with Crippen LogP contribution in [0.15, 0.2) is 18.2 Å². The van der Waals surface area contributed by atoms with Gasteiger partial charge >= 0.3 is 0 Å². The van der Waals surface area contributed by atoms with Crippen LogP contribution in [0.5, 0.6) is 0 Å². The van der Waals surface area contributed by atoms with E-state index in [1.54, 1.807) is 18.2 Å². The van der Waals surface area contributed by atoms with Crippen LogP contribution in [0, 0.1) is 0 Å². The Hall–Kier alpha value is -0.550. The number of likely N-dealkylation sites (N-methyl/N-ethyl adjacent to an activating group) is 1. The van der Waals surface area contributed by atoms with E-state index in [0.717, 1.165) is 38.4 Å². The molecule has 1 aromatic carbocycles. The molecule has 19 heavy (non-hydrogen) atoms. The maximum atomic E-state index is 6.12. The summed E-state index contributed by atoms with van der Waals surface area (Å²) < 4.78 is 0. The van der Waals surface area contributed by atoms with Crippen molar-refractivity contribution in [1.29, 1.82) is 0 Å². The Bertz CT molecular complexity index is 459. The fraction of sp³-hybridized carbons (Fsp3) is 0.462. The molecule has 0 unspecified atom stereocenters. The van der Waals surface area contributed by atoms with Gasteiger partial charge in [0.05, 0.1) is 10.7 Å². The van der Waals surface area contributed by atoms with Gasteiger partial charge in [-0.1, -0.05) is 30.1 Å². The largest absolute Gasteiger partial charge is 0.346 e. The zero-order chi connectivity index (χ0) is 13.8. The molecule has 0 spiro atoms. The smallest absolute Gasteiger partial charge is 0.173 e. The van der Waals surface area contributed by atoms with Gasteiger partial charge in [-0.05, 0) is 37.0 Å². The number of rotatable bonds is 2. The van der Waals surface area contributed by atoms with Gasteiger partial charge in [-0.2, -0.15) is 0 Å². The maximum Gasteiger partial charge on any atom is 0.173 e. The summed E-state index contributed by atoms with van der Waals surface area (Å²) in [6.07, 6.45) is 0. The number of benzene rings is 1. The van der Waals surface area contributed by atoms with E-state index in [1.807, 2.05) is 0 Å². The van der Waals surface area contributed by atoms with Gasteiger partial charge in [0.1, 0.15) is 0 Å². The van der Waals surface area contributed by atoms with E-state index in [1.165, 1.54) is 0 Å². The molecular formula is C13H17Cl2N3S. The average molecular weight is 318 g/mol. The van der Waals surface area contributed by atoms with Crippen LogP contribution in [-0.4, -0.2) is 47.6 Å². The Morgan fingerprint density at radius 1 is 1.26 bits per heavy atom. The second kappa shape index (κ2) is 6.75. The molecule has 0 saturated carbocycles. The molecule has 6 heteroatoms. The molecule has 1 N–H and O–H groups in total. The number of nitrogens with one attached hydrogen (secondary N) is 1. The third-order valence-corrected chi connectivity index (χ3v) is 4.20. The molecule has 0 aromatic heterocycles. The fourth-order valence-corrected chi connectivity index (χ4v) is 2.68. The van der Waals surface area contributed by atoms with Crippen molar-refractivity contribution in [2.45, 2.75) is 6.92 Å². The van der Waals surface area contributed by atoms with Crippen molar-refractivity contribution in [1.82, 2.24) is 9.80 Å². The molecule has 0 radical (unpaired) electrons. The predicted molar refractivity (Wildman–Crippen MR) is 86.4 cm³/mol. The standard InChI is InChI=1S/C13H17Cl2N3S/c1-2-17-5-7-18(8-6-17)13(19)16-12-9-10(14)3-4-11(12)15/h3-4,9H,2,5-8H2,1H3,(H,16,19). The van der Waals surface area contributed by atoms with Crippen molar-refractivity contribution in [2.24, 2.45) is 0 Å². The first-order valence-electron chi connectivity index (χ1n) is 6.33. The number of halogens is 2. The van der Waals surface area contributed by atoms with Crippen LogP contribution in [-0.2, 0) is 0 Å². The van der Waals surface area contributed by atoms with Crippen LogP contribution in [0.3, 0.4) is 0 Å². The predicted octanol–water partition coefficient (Wildman–Crippen LogP) is 3.33. The average Bonchev–Trinajstić information content (AvgIpc) is 2.43. The Morgan fingerprint density at radius 2 is 1.95 bits per heavy atom. The Morgan fingerprint density at radius 3 is 2.58 bits per heavy atom. The highest BCUT2D eigenvalue weighted by molar-refractivity contribution is 7.80. The highest BCUT2D eigenvalue weighted by Crippen LogP contribution is 2.25. The van der Waals surface area contributed by atoms with Gasteiger partial charge in [0.2, 0.25) is 0 Å². The summed E-state index contributed by atoms with van der Waals surface area (Å²) in [5, 5.41) is 5.15. The lowest BCUT2D eigenvalue weighted by Gasteiger charge is -2.35. The van der Waals surface area contributed by atoms with Gasteiger partial charge in [-0.25, -0.2) is 0 Å². The molecule has 1 aliphatic heterocycles. The third-order valence-electron chi connectivity index (χ3n) is 3.28. The number of piperazine rings is 1. The van der Waals surface area contributed by atoms with Gasteiger partial charge < -0.3 is 15.1 Å². The van der Waals surface area contributed by atoms with Gasteiger partial charge in [-0.15, -0.1) is 0 Å². The molecular weight excluding hydrogens is 301 g/mol. The minimum Gasteiger partial charge on any atom is -0.346 e. The Labute approximate surface area is 129 Å². The lowest BCUT2D eigenvalue weighted by molar-refractivity contribution is 0.191. The second-order valence-electron chi connectivity index (χ2n) is 4.48. The van der Waals surface area contributed by atoms with E-state index in [0.29, 0.717) is 15.2 Å². The Balaban J connectivity index is 1.96. The van der Waals surface area contributed by atoms with Crippen LogP contribution in [0.4, 0.5) is 5.69 Å². The highest BCUT2D eigenvalue weighted by atomic mass is 35.5. The van der Waals surface area contributed by atoms with Crippen LogP contribution < -0.4 is 5.32 Å². The van der Waals surface area contributed by atoms with Crippen molar-refractivity contribution in [2.75, 3.05) is 38.0 Å². The molecule has 1 saturated heterocycles. The van der Waals surface area contributed by atoms with Crippen LogP contribution >= 0.6 is 35.4 Å². The minimum atomic E-state index is 0.624. The van der Waals surface area contributed by atoms with Crippen LogP contribution in [0.2, 0.25) is 10.0 Å². The van der Waals surface area contributed by atoms with Crippen LogP contribution in [0.1, 0.15) is 6.92 Å². The first-order valence-corrected chi connectivity index (χ1v) is 7.50. The summed E-state index contributed by atoms with van der Waals surface area (Å²) in [7, 11) is 0. The summed E-state index contributed by atoms with van der Waals surface area (Å²) in [6, 6.07) is 5.32. The van der Waals surface area contributed by atoms with E-state index in [-0.39, 0.29) is 0 Å².